The number of benzene rings is 2. The highest BCUT2D eigenvalue weighted by Gasteiger charge is 2.37. The Morgan fingerprint density at radius 3 is 2.37 bits per heavy atom. The van der Waals surface area contributed by atoms with Crippen molar-refractivity contribution in [2.24, 2.45) is 0 Å². The molecule has 7 nitrogen and oxygen atoms in total. The number of carboxylic acid groups (broad SMARTS) is 1. The van der Waals surface area contributed by atoms with E-state index >= 15 is 0 Å². The summed E-state index contributed by atoms with van der Waals surface area (Å²) in [6.45, 7) is 1.91. The van der Waals surface area contributed by atoms with Gasteiger partial charge >= 0.3 is 12.1 Å². The number of hydrogen-bond donors (Lipinski definition) is 2. The van der Waals surface area contributed by atoms with Crippen LogP contribution in [0.15, 0.2) is 60.7 Å². The number of ether oxygens (including phenoxy) is 1. The molecule has 3 atom stereocenters. The molecule has 1 aliphatic heterocycles. The van der Waals surface area contributed by atoms with Gasteiger partial charge in [-0.25, -0.2) is 9.59 Å². The van der Waals surface area contributed by atoms with Crippen molar-refractivity contribution >= 4 is 18.0 Å². The zero-order chi connectivity index (χ0) is 21.5. The molecule has 0 aliphatic carbocycles. The second kappa shape index (κ2) is 9.91. The molecule has 2 aromatic carbocycles. The molecule has 30 heavy (non-hydrogen) atoms. The molecule has 1 saturated heterocycles. The number of carbonyl (C=O) groups excluding carboxylic acids is 2. The average Bonchev–Trinajstić information content (AvgIpc) is 2.78. The van der Waals surface area contributed by atoms with E-state index in [1.54, 1.807) is 0 Å². The van der Waals surface area contributed by atoms with Crippen LogP contribution in [0.4, 0.5) is 4.79 Å². The van der Waals surface area contributed by atoms with Crippen molar-refractivity contribution in [1.82, 2.24) is 10.2 Å². The number of esters is 1. The lowest BCUT2D eigenvalue weighted by Gasteiger charge is -2.37. The second-order valence-electron chi connectivity index (χ2n) is 7.45. The lowest BCUT2D eigenvalue weighted by Crippen LogP contribution is -2.55. The predicted octanol–water partition coefficient (Wildman–Crippen LogP) is 3.16. The van der Waals surface area contributed by atoms with Crippen molar-refractivity contribution in [3.05, 3.63) is 71.8 Å². The number of amides is 2. The summed E-state index contributed by atoms with van der Waals surface area (Å²) < 4.78 is 5.26. The van der Waals surface area contributed by atoms with Gasteiger partial charge in [-0.3, -0.25) is 9.69 Å². The number of piperidine rings is 1. The van der Waals surface area contributed by atoms with Crippen LogP contribution in [0.3, 0.4) is 0 Å². The van der Waals surface area contributed by atoms with E-state index in [9.17, 15) is 19.5 Å². The topological polar surface area (TPSA) is 95.9 Å². The molecule has 0 aromatic heterocycles. The van der Waals surface area contributed by atoms with Crippen molar-refractivity contribution in [1.29, 1.82) is 0 Å². The number of nitrogens with one attached hydrogen (secondary N) is 1. The van der Waals surface area contributed by atoms with Crippen LogP contribution < -0.4 is 5.32 Å². The van der Waals surface area contributed by atoms with Crippen LogP contribution in [0.5, 0.6) is 0 Å². The lowest BCUT2D eigenvalue weighted by atomic mass is 9.85. The maximum absolute atomic E-state index is 12.9. The number of carbonyl (C=O) groups is 3. The molecule has 2 amide bonds. The molecule has 1 fully saturated rings. The van der Waals surface area contributed by atoms with Gasteiger partial charge in [-0.1, -0.05) is 60.7 Å². The summed E-state index contributed by atoms with van der Waals surface area (Å²) in [5, 5.41) is 12.1. The van der Waals surface area contributed by atoms with Crippen LogP contribution >= 0.6 is 0 Å². The minimum Gasteiger partial charge on any atom is -0.465 e. The Kier molecular flexibility index (Phi) is 7.06. The second-order valence-corrected chi connectivity index (χ2v) is 7.45. The van der Waals surface area contributed by atoms with E-state index in [1.807, 2.05) is 60.7 Å². The summed E-state index contributed by atoms with van der Waals surface area (Å²) in [6.07, 6.45) is -0.121. The number of nitrogens with zero attached hydrogens (tertiary/aromatic N) is 1. The normalized spacial score (nSPS) is 19.6. The van der Waals surface area contributed by atoms with Crippen molar-refractivity contribution in [2.75, 3.05) is 6.54 Å². The maximum atomic E-state index is 12.9. The first-order valence-electron chi connectivity index (χ1n) is 10.0. The summed E-state index contributed by atoms with van der Waals surface area (Å²) in [4.78, 5) is 37.9. The Balaban J connectivity index is 1.61. The summed E-state index contributed by atoms with van der Waals surface area (Å²) in [7, 11) is 0. The van der Waals surface area contributed by atoms with E-state index in [1.165, 1.54) is 6.92 Å². The van der Waals surface area contributed by atoms with E-state index in [-0.39, 0.29) is 19.1 Å². The Hall–Kier alpha value is -3.35. The summed E-state index contributed by atoms with van der Waals surface area (Å²) in [5.41, 5.74) is 1.93. The van der Waals surface area contributed by atoms with Crippen molar-refractivity contribution < 1.29 is 24.2 Å². The number of rotatable bonds is 6. The van der Waals surface area contributed by atoms with Gasteiger partial charge in [0.25, 0.3) is 0 Å². The molecule has 0 bridgehead atoms. The Bertz CT molecular complexity index is 872. The lowest BCUT2D eigenvalue weighted by molar-refractivity contribution is -0.149. The average molecular weight is 410 g/mol. The maximum Gasteiger partial charge on any atom is 0.407 e. The van der Waals surface area contributed by atoms with Crippen LogP contribution in [0, 0.1) is 0 Å². The first-order valence-corrected chi connectivity index (χ1v) is 10.0. The summed E-state index contributed by atoms with van der Waals surface area (Å²) in [6, 6.07) is 17.3. The highest BCUT2D eigenvalue weighted by molar-refractivity contribution is 5.89. The fourth-order valence-electron chi connectivity index (χ4n) is 3.69. The Morgan fingerprint density at radius 2 is 1.73 bits per heavy atom. The van der Waals surface area contributed by atoms with Gasteiger partial charge in [0, 0.05) is 6.54 Å². The summed E-state index contributed by atoms with van der Waals surface area (Å²) >= 11 is 0. The van der Waals surface area contributed by atoms with Crippen LogP contribution in [-0.2, 0) is 20.9 Å². The van der Waals surface area contributed by atoms with E-state index in [2.05, 4.69) is 5.32 Å². The van der Waals surface area contributed by atoms with Crippen LogP contribution in [-0.4, -0.2) is 46.6 Å². The fraction of sp³-hybridized carbons (Fsp3) is 0.348. The van der Waals surface area contributed by atoms with Gasteiger partial charge in [0.05, 0.1) is 0 Å². The highest BCUT2D eigenvalue weighted by atomic mass is 16.5. The van der Waals surface area contributed by atoms with Crippen molar-refractivity contribution in [3.63, 3.8) is 0 Å². The quantitative estimate of drug-likeness (QED) is 0.713. The summed E-state index contributed by atoms with van der Waals surface area (Å²) in [5.74, 6) is -0.968. The van der Waals surface area contributed by atoms with Crippen molar-refractivity contribution in [2.45, 2.75) is 44.4 Å². The molecule has 3 rings (SSSR count). The molecule has 158 valence electrons. The SMILES string of the molecule is CC(NC(=O)[C@H]1C[C@@H](c2ccccc2)CCN1C(=O)O)C(=O)OCc1ccccc1. The van der Waals surface area contributed by atoms with Gasteiger partial charge in [-0.05, 0) is 36.8 Å². The van der Waals surface area contributed by atoms with Gasteiger partial charge < -0.3 is 15.2 Å². The van der Waals surface area contributed by atoms with Gasteiger partial charge in [-0.15, -0.1) is 0 Å². The standard InChI is InChI=1S/C23H26N2O5/c1-16(22(27)30-15-17-8-4-2-5-9-17)24-21(26)20-14-19(12-13-25(20)23(28)29)18-10-6-3-7-11-18/h2-11,16,19-20H,12-15H2,1H3,(H,24,26)(H,28,29)/t16?,19-,20+/m0/s1. The highest BCUT2D eigenvalue weighted by Crippen LogP contribution is 2.31. The predicted molar refractivity (Wildman–Crippen MR) is 111 cm³/mol. The van der Waals surface area contributed by atoms with E-state index in [4.69, 9.17) is 4.74 Å². The molecule has 0 saturated carbocycles. The molecule has 1 unspecified atom stereocenters. The zero-order valence-electron chi connectivity index (χ0n) is 16.9. The Morgan fingerprint density at radius 1 is 1.10 bits per heavy atom. The van der Waals surface area contributed by atoms with Crippen LogP contribution in [0.2, 0.25) is 0 Å². The van der Waals surface area contributed by atoms with E-state index in [0.717, 1.165) is 16.0 Å². The molecular weight excluding hydrogens is 384 g/mol. The zero-order valence-corrected chi connectivity index (χ0v) is 16.9. The molecule has 1 aliphatic rings. The monoisotopic (exact) mass is 410 g/mol. The molecule has 2 N–H and O–H groups in total. The molecule has 0 radical (unpaired) electrons. The number of hydrogen-bond acceptors (Lipinski definition) is 4. The Labute approximate surface area is 175 Å². The van der Waals surface area contributed by atoms with Crippen LogP contribution in [0.1, 0.15) is 36.8 Å². The van der Waals surface area contributed by atoms with E-state index < -0.39 is 30.1 Å². The van der Waals surface area contributed by atoms with Crippen LogP contribution in [0.25, 0.3) is 0 Å². The number of likely N-dealkylation sites (tertiary alicyclic amines) is 1. The van der Waals surface area contributed by atoms with Gasteiger partial charge in [-0.2, -0.15) is 0 Å². The largest absolute Gasteiger partial charge is 0.465 e. The third-order valence-electron chi connectivity index (χ3n) is 5.36. The van der Waals surface area contributed by atoms with Gasteiger partial charge in [0.15, 0.2) is 0 Å². The fourth-order valence-corrected chi connectivity index (χ4v) is 3.69. The molecule has 7 heteroatoms. The third-order valence-corrected chi connectivity index (χ3v) is 5.36. The molecular formula is C23H26N2O5. The van der Waals surface area contributed by atoms with Gasteiger partial charge in [0.2, 0.25) is 5.91 Å². The molecule has 1 heterocycles. The minimum atomic E-state index is -1.14. The van der Waals surface area contributed by atoms with E-state index in [0.29, 0.717) is 12.8 Å². The first kappa shape index (κ1) is 21.4. The first-order chi connectivity index (χ1) is 14.5. The molecule has 0 spiro atoms. The molecule has 2 aromatic rings. The minimum absolute atomic E-state index is 0.0814. The van der Waals surface area contributed by atoms with Gasteiger partial charge in [0.1, 0.15) is 18.7 Å². The smallest absolute Gasteiger partial charge is 0.407 e. The third kappa shape index (κ3) is 5.37. The van der Waals surface area contributed by atoms with Crippen molar-refractivity contribution in [3.8, 4) is 0 Å².